The molecule has 2 aliphatic rings. The number of aromatic nitrogens is 1. The van der Waals surface area contributed by atoms with Gasteiger partial charge in [0.25, 0.3) is 11.8 Å². The number of nitrogens with one attached hydrogen (secondary N) is 3. The van der Waals surface area contributed by atoms with E-state index in [2.05, 4.69) is 15.6 Å². The fourth-order valence-electron chi connectivity index (χ4n) is 5.35. The van der Waals surface area contributed by atoms with E-state index in [4.69, 9.17) is 5.73 Å². The van der Waals surface area contributed by atoms with E-state index in [9.17, 15) is 14.4 Å². The number of carbonyl (C=O) groups is 3. The lowest BCUT2D eigenvalue weighted by Crippen LogP contribution is -2.44. The summed E-state index contributed by atoms with van der Waals surface area (Å²) in [7, 11) is 0. The van der Waals surface area contributed by atoms with E-state index in [-0.39, 0.29) is 17.8 Å². The zero-order chi connectivity index (χ0) is 24.4. The van der Waals surface area contributed by atoms with Crippen LogP contribution in [-0.2, 0) is 24.2 Å². The van der Waals surface area contributed by atoms with Crippen LogP contribution in [0.25, 0.3) is 10.9 Å². The number of H-pyrrole nitrogens is 1. The predicted molar refractivity (Wildman–Crippen MR) is 134 cm³/mol. The van der Waals surface area contributed by atoms with Gasteiger partial charge in [0.15, 0.2) is 0 Å². The number of nitrogens with zero attached hydrogens (tertiary/aromatic N) is 1. The van der Waals surface area contributed by atoms with E-state index in [1.807, 2.05) is 48.5 Å². The molecule has 2 fully saturated rings. The molecule has 0 bridgehead atoms. The van der Waals surface area contributed by atoms with Crippen molar-refractivity contribution in [2.45, 2.75) is 50.6 Å². The van der Waals surface area contributed by atoms with Crippen molar-refractivity contribution < 1.29 is 14.4 Å². The fraction of sp³-hybridized carbons (Fsp3) is 0.370. The monoisotopic (exact) mass is 473 g/mol. The predicted octanol–water partition coefficient (Wildman–Crippen LogP) is 3.01. The summed E-state index contributed by atoms with van der Waals surface area (Å²) in [6.07, 6.45) is 4.49. The zero-order valence-electron chi connectivity index (χ0n) is 19.7. The molecule has 4 amide bonds. The number of hydrogen-bond acceptors (Lipinski definition) is 4. The highest BCUT2D eigenvalue weighted by atomic mass is 16.2. The van der Waals surface area contributed by atoms with Crippen LogP contribution in [0, 0.1) is 0 Å². The number of fused-ring (bicyclic) bond motifs is 1. The van der Waals surface area contributed by atoms with Crippen LogP contribution in [0.2, 0.25) is 0 Å². The van der Waals surface area contributed by atoms with E-state index in [1.165, 1.54) is 4.90 Å². The normalized spacial score (nSPS) is 16.9. The Labute approximate surface area is 204 Å². The Hall–Kier alpha value is -3.65. The average Bonchev–Trinajstić information content (AvgIpc) is 3.54. The van der Waals surface area contributed by atoms with Crippen LogP contribution in [-0.4, -0.2) is 46.4 Å². The first kappa shape index (κ1) is 23.1. The largest absolute Gasteiger partial charge is 0.350 e. The molecule has 3 aromatic rings. The Kier molecular flexibility index (Phi) is 6.30. The molecule has 0 unspecified atom stereocenters. The number of nitrogens with two attached hydrogens (primary N) is 1. The zero-order valence-corrected chi connectivity index (χ0v) is 19.7. The minimum Gasteiger partial charge on any atom is -0.350 e. The molecule has 1 aliphatic heterocycles. The lowest BCUT2D eigenvalue weighted by Gasteiger charge is -2.20. The Morgan fingerprint density at radius 3 is 2.54 bits per heavy atom. The molecule has 1 saturated carbocycles. The van der Waals surface area contributed by atoms with Crippen LogP contribution >= 0.6 is 0 Å². The maximum Gasteiger partial charge on any atom is 0.325 e. The molecule has 2 heterocycles. The van der Waals surface area contributed by atoms with Gasteiger partial charge in [-0.3, -0.25) is 14.5 Å². The number of amides is 4. The maximum atomic E-state index is 13.0. The molecule has 1 aliphatic carbocycles. The smallest absolute Gasteiger partial charge is 0.325 e. The Morgan fingerprint density at radius 2 is 1.80 bits per heavy atom. The van der Waals surface area contributed by atoms with Crippen molar-refractivity contribution in [1.29, 1.82) is 0 Å². The Bertz CT molecular complexity index is 1260. The standard InChI is InChI=1S/C27H31N5O3/c28-14-10-20-21-16-18(11-15-32-25(34)27(31-26(32)35)12-4-5-13-27)8-9-22(21)30-23(20)24(33)29-17-19-6-2-1-3-7-19/h1-3,6-9,16,30H,4-5,10-15,17,28H2,(H,29,33)(H,31,35). The number of carbonyl (C=O) groups excluding carboxylic acids is 3. The van der Waals surface area contributed by atoms with Gasteiger partial charge in [-0.1, -0.05) is 49.2 Å². The first-order valence-corrected chi connectivity index (χ1v) is 12.3. The van der Waals surface area contributed by atoms with Crippen molar-refractivity contribution in [2.75, 3.05) is 13.1 Å². The van der Waals surface area contributed by atoms with Crippen LogP contribution in [0.15, 0.2) is 48.5 Å². The highest BCUT2D eigenvalue weighted by Gasteiger charge is 2.52. The summed E-state index contributed by atoms with van der Waals surface area (Å²) in [5.74, 6) is -0.264. The van der Waals surface area contributed by atoms with Crippen molar-refractivity contribution in [3.8, 4) is 0 Å². The fourth-order valence-corrected chi connectivity index (χ4v) is 5.35. The van der Waals surface area contributed by atoms with Gasteiger partial charge in [0.2, 0.25) is 0 Å². The molecular weight excluding hydrogens is 442 g/mol. The second-order valence-corrected chi connectivity index (χ2v) is 9.49. The number of benzene rings is 2. The molecule has 1 aromatic heterocycles. The number of rotatable bonds is 8. The van der Waals surface area contributed by atoms with Gasteiger partial charge < -0.3 is 21.4 Å². The van der Waals surface area contributed by atoms with Crippen LogP contribution in [0.5, 0.6) is 0 Å². The minimum absolute atomic E-state index is 0.0936. The molecule has 2 aromatic carbocycles. The molecule has 0 atom stereocenters. The van der Waals surface area contributed by atoms with Gasteiger partial charge in [-0.05, 0) is 61.1 Å². The summed E-state index contributed by atoms with van der Waals surface area (Å²) in [6.45, 7) is 1.19. The molecule has 1 saturated heterocycles. The van der Waals surface area contributed by atoms with Gasteiger partial charge in [0.1, 0.15) is 11.2 Å². The SMILES string of the molecule is NCCc1c(C(=O)NCc2ccccc2)[nH]c2ccc(CCN3C(=O)NC4(CCCC4)C3=O)cc12. The molecule has 5 N–H and O–H groups in total. The van der Waals surface area contributed by atoms with E-state index in [0.29, 0.717) is 38.2 Å². The Balaban J connectivity index is 1.32. The maximum absolute atomic E-state index is 13.0. The van der Waals surface area contributed by atoms with Crippen LogP contribution in [0.3, 0.4) is 0 Å². The molecule has 1 spiro atoms. The molecular formula is C27H31N5O3. The molecule has 5 rings (SSSR count). The van der Waals surface area contributed by atoms with E-state index >= 15 is 0 Å². The van der Waals surface area contributed by atoms with Gasteiger partial charge in [-0.25, -0.2) is 4.79 Å². The van der Waals surface area contributed by atoms with Gasteiger partial charge in [0, 0.05) is 24.0 Å². The van der Waals surface area contributed by atoms with Crippen LogP contribution < -0.4 is 16.4 Å². The van der Waals surface area contributed by atoms with Crippen molar-refractivity contribution in [1.82, 2.24) is 20.5 Å². The van der Waals surface area contributed by atoms with Gasteiger partial charge in [-0.2, -0.15) is 0 Å². The summed E-state index contributed by atoms with van der Waals surface area (Å²) in [5, 5.41) is 6.87. The number of imide groups is 1. The van der Waals surface area contributed by atoms with Gasteiger partial charge in [0.05, 0.1) is 0 Å². The third-order valence-electron chi connectivity index (χ3n) is 7.21. The van der Waals surface area contributed by atoms with Gasteiger partial charge in [-0.15, -0.1) is 0 Å². The second kappa shape index (κ2) is 9.54. The van der Waals surface area contributed by atoms with E-state index in [0.717, 1.165) is 53.3 Å². The molecule has 8 nitrogen and oxygen atoms in total. The average molecular weight is 474 g/mol. The van der Waals surface area contributed by atoms with Crippen molar-refractivity contribution >= 4 is 28.7 Å². The van der Waals surface area contributed by atoms with E-state index < -0.39 is 5.54 Å². The van der Waals surface area contributed by atoms with E-state index in [1.54, 1.807) is 0 Å². The van der Waals surface area contributed by atoms with Crippen LogP contribution in [0.4, 0.5) is 4.79 Å². The Morgan fingerprint density at radius 1 is 1.03 bits per heavy atom. The first-order valence-electron chi connectivity index (χ1n) is 12.3. The lowest BCUT2D eigenvalue weighted by molar-refractivity contribution is -0.131. The first-order chi connectivity index (χ1) is 17.0. The minimum atomic E-state index is -0.683. The number of urea groups is 1. The summed E-state index contributed by atoms with van der Waals surface area (Å²) in [6, 6.07) is 15.4. The summed E-state index contributed by atoms with van der Waals surface area (Å²) in [5.41, 5.74) is 9.49. The second-order valence-electron chi connectivity index (χ2n) is 9.49. The molecule has 0 radical (unpaired) electrons. The third-order valence-corrected chi connectivity index (χ3v) is 7.21. The third kappa shape index (κ3) is 4.41. The molecule has 35 heavy (non-hydrogen) atoms. The highest BCUT2D eigenvalue weighted by molar-refractivity contribution is 6.07. The van der Waals surface area contributed by atoms with Crippen molar-refractivity contribution in [3.63, 3.8) is 0 Å². The van der Waals surface area contributed by atoms with Crippen molar-refractivity contribution in [3.05, 3.63) is 70.9 Å². The molecule has 8 heteroatoms. The van der Waals surface area contributed by atoms with Gasteiger partial charge >= 0.3 is 6.03 Å². The summed E-state index contributed by atoms with van der Waals surface area (Å²) >= 11 is 0. The van der Waals surface area contributed by atoms with Crippen molar-refractivity contribution in [2.24, 2.45) is 5.73 Å². The number of aromatic amines is 1. The van der Waals surface area contributed by atoms with Crippen LogP contribution in [0.1, 0.15) is 52.9 Å². The highest BCUT2D eigenvalue weighted by Crippen LogP contribution is 2.35. The number of hydrogen-bond donors (Lipinski definition) is 4. The summed E-state index contributed by atoms with van der Waals surface area (Å²) in [4.78, 5) is 43.0. The molecule has 182 valence electrons. The summed E-state index contributed by atoms with van der Waals surface area (Å²) < 4.78 is 0. The topological polar surface area (TPSA) is 120 Å². The quantitative estimate of drug-likeness (QED) is 0.376. The lowest BCUT2D eigenvalue weighted by atomic mass is 9.98.